The van der Waals surface area contributed by atoms with Crippen molar-refractivity contribution in [2.75, 3.05) is 13.2 Å². The molecule has 0 bridgehead atoms. The lowest BCUT2D eigenvalue weighted by Gasteiger charge is -2.32. The first kappa shape index (κ1) is 28.4. The maximum Gasteiger partial charge on any atom is 0.407 e. The van der Waals surface area contributed by atoms with Gasteiger partial charge in [0.15, 0.2) is 0 Å². The molecule has 3 aromatic rings. The minimum absolute atomic E-state index is 0.0149. The first-order valence-corrected chi connectivity index (χ1v) is 14.2. The molecule has 2 aliphatic rings. The van der Waals surface area contributed by atoms with Crippen molar-refractivity contribution < 1.29 is 29.0 Å². The van der Waals surface area contributed by atoms with Gasteiger partial charge in [-0.3, -0.25) is 9.59 Å². The molecule has 3 atom stereocenters. The normalized spacial score (nSPS) is 17.4. The van der Waals surface area contributed by atoms with Gasteiger partial charge in [-0.1, -0.05) is 78.9 Å². The van der Waals surface area contributed by atoms with E-state index in [1.54, 1.807) is 11.8 Å². The molecule has 2 amide bonds. The number of alkyl carbamates (subject to hydrolysis) is 1. The number of carbonyl (C=O) groups is 3. The molecule has 1 unspecified atom stereocenters. The number of nitrogens with zero attached hydrogens (tertiary/aromatic N) is 1. The van der Waals surface area contributed by atoms with Crippen LogP contribution in [0.1, 0.15) is 55.2 Å². The van der Waals surface area contributed by atoms with Gasteiger partial charge in [-0.05, 0) is 54.0 Å². The number of hydrogen-bond donors (Lipinski definition) is 2. The van der Waals surface area contributed by atoms with Crippen LogP contribution in [0.15, 0.2) is 78.9 Å². The summed E-state index contributed by atoms with van der Waals surface area (Å²) in [4.78, 5) is 39.9. The van der Waals surface area contributed by atoms with E-state index in [1.165, 1.54) is 0 Å². The zero-order chi connectivity index (χ0) is 28.8. The van der Waals surface area contributed by atoms with Crippen molar-refractivity contribution in [2.45, 2.75) is 63.3 Å². The van der Waals surface area contributed by atoms with E-state index in [9.17, 15) is 14.4 Å². The van der Waals surface area contributed by atoms with Crippen molar-refractivity contribution >= 4 is 18.0 Å². The number of carbonyl (C=O) groups excluding carboxylic acids is 2. The van der Waals surface area contributed by atoms with Gasteiger partial charge in [-0.2, -0.15) is 0 Å². The molecule has 0 spiro atoms. The van der Waals surface area contributed by atoms with Crippen LogP contribution in [0.5, 0.6) is 0 Å². The molecule has 2 N–H and O–H groups in total. The van der Waals surface area contributed by atoms with Gasteiger partial charge in [0.25, 0.3) is 0 Å². The fraction of sp³-hybridized carbons (Fsp3) is 0.364. The monoisotopic (exact) mass is 556 g/mol. The van der Waals surface area contributed by atoms with Crippen molar-refractivity contribution in [1.29, 1.82) is 0 Å². The molecule has 0 saturated carbocycles. The second-order valence-electron chi connectivity index (χ2n) is 10.7. The molecule has 1 aliphatic carbocycles. The van der Waals surface area contributed by atoms with E-state index in [-0.39, 0.29) is 37.5 Å². The molecule has 0 aromatic heterocycles. The van der Waals surface area contributed by atoms with Crippen LogP contribution >= 0.6 is 0 Å². The van der Waals surface area contributed by atoms with E-state index < -0.39 is 24.2 Å². The molecule has 5 rings (SSSR count). The van der Waals surface area contributed by atoms with E-state index in [1.807, 2.05) is 54.6 Å². The van der Waals surface area contributed by atoms with E-state index in [0.29, 0.717) is 13.0 Å². The summed E-state index contributed by atoms with van der Waals surface area (Å²) in [6.45, 7) is 2.68. The molecule has 1 aliphatic heterocycles. The fourth-order valence-electron chi connectivity index (χ4n) is 5.94. The maximum atomic E-state index is 13.8. The molecule has 1 saturated heterocycles. The highest BCUT2D eigenvalue weighted by Gasteiger charge is 2.38. The summed E-state index contributed by atoms with van der Waals surface area (Å²) < 4.78 is 11.8. The summed E-state index contributed by atoms with van der Waals surface area (Å²) in [7, 11) is 0. The van der Waals surface area contributed by atoms with Gasteiger partial charge in [0.05, 0.1) is 12.7 Å². The predicted octanol–water partition coefficient (Wildman–Crippen LogP) is 5.35. The molecule has 1 heterocycles. The number of carboxylic acid groups (broad SMARTS) is 1. The number of likely N-dealkylation sites (tertiary alicyclic amines) is 1. The quantitative estimate of drug-likeness (QED) is 0.330. The third-order valence-corrected chi connectivity index (χ3v) is 8.06. The average Bonchev–Trinajstić information content (AvgIpc) is 3.59. The summed E-state index contributed by atoms with van der Waals surface area (Å²) >= 11 is 0. The largest absolute Gasteiger partial charge is 0.481 e. The van der Waals surface area contributed by atoms with Crippen LogP contribution in [0.4, 0.5) is 4.79 Å². The molecule has 214 valence electrons. The zero-order valence-corrected chi connectivity index (χ0v) is 23.2. The highest BCUT2D eigenvalue weighted by Crippen LogP contribution is 2.44. The number of benzene rings is 3. The SMILES string of the molecule is C[C@H](OCc1ccccc1)[C@@H](NC(=O)OCC1c2ccccc2-c2ccccc21)C(=O)N1CCCC1CCC(=O)O. The number of amides is 2. The Morgan fingerprint density at radius 1 is 0.951 bits per heavy atom. The summed E-state index contributed by atoms with van der Waals surface area (Å²) in [5.41, 5.74) is 5.43. The van der Waals surface area contributed by atoms with E-state index >= 15 is 0 Å². The molecule has 8 heteroatoms. The fourth-order valence-corrected chi connectivity index (χ4v) is 5.94. The van der Waals surface area contributed by atoms with Gasteiger partial charge in [-0.15, -0.1) is 0 Å². The molecule has 8 nitrogen and oxygen atoms in total. The predicted molar refractivity (Wildman–Crippen MR) is 154 cm³/mol. The Balaban J connectivity index is 1.28. The second-order valence-corrected chi connectivity index (χ2v) is 10.7. The minimum Gasteiger partial charge on any atom is -0.481 e. The van der Waals surface area contributed by atoms with Crippen molar-refractivity contribution in [2.24, 2.45) is 0 Å². The van der Waals surface area contributed by atoms with Crippen LogP contribution < -0.4 is 5.32 Å². The smallest absolute Gasteiger partial charge is 0.407 e. The number of hydrogen-bond acceptors (Lipinski definition) is 5. The van der Waals surface area contributed by atoms with Gasteiger partial charge in [-0.25, -0.2) is 4.79 Å². The molecule has 0 radical (unpaired) electrons. The Hall–Kier alpha value is -4.17. The van der Waals surface area contributed by atoms with Gasteiger partial charge in [0.1, 0.15) is 12.6 Å². The number of nitrogens with one attached hydrogen (secondary N) is 1. The molecular formula is C33H36N2O6. The number of fused-ring (bicyclic) bond motifs is 3. The molecule has 3 aromatic carbocycles. The van der Waals surface area contributed by atoms with Crippen LogP contribution in [0.3, 0.4) is 0 Å². The first-order valence-electron chi connectivity index (χ1n) is 14.2. The molecule has 1 fully saturated rings. The first-order chi connectivity index (χ1) is 19.9. The van der Waals surface area contributed by atoms with Gasteiger partial charge in [0, 0.05) is 24.9 Å². The highest BCUT2D eigenvalue weighted by molar-refractivity contribution is 5.87. The Kier molecular flexibility index (Phi) is 8.99. The lowest BCUT2D eigenvalue weighted by molar-refractivity contribution is -0.141. The highest BCUT2D eigenvalue weighted by atomic mass is 16.5. The third kappa shape index (κ3) is 6.60. The number of carboxylic acids is 1. The summed E-state index contributed by atoms with van der Waals surface area (Å²) in [5, 5.41) is 12.0. The van der Waals surface area contributed by atoms with Crippen LogP contribution in [0.2, 0.25) is 0 Å². The van der Waals surface area contributed by atoms with Gasteiger partial charge < -0.3 is 24.8 Å². The lowest BCUT2D eigenvalue weighted by Crippen LogP contribution is -2.55. The number of ether oxygens (including phenoxy) is 2. The average molecular weight is 557 g/mol. The second kappa shape index (κ2) is 13.0. The van der Waals surface area contributed by atoms with E-state index in [4.69, 9.17) is 14.6 Å². The van der Waals surface area contributed by atoms with Gasteiger partial charge in [0.2, 0.25) is 5.91 Å². The minimum atomic E-state index is -0.986. The molecular weight excluding hydrogens is 520 g/mol. The lowest BCUT2D eigenvalue weighted by atomic mass is 9.98. The topological polar surface area (TPSA) is 105 Å². The number of aliphatic carboxylic acids is 1. The Morgan fingerprint density at radius 3 is 2.24 bits per heavy atom. The van der Waals surface area contributed by atoms with Crippen molar-refractivity contribution in [3.05, 3.63) is 95.6 Å². The third-order valence-electron chi connectivity index (χ3n) is 8.06. The summed E-state index contributed by atoms with van der Waals surface area (Å²) in [6, 6.07) is 24.7. The van der Waals surface area contributed by atoms with Crippen molar-refractivity contribution in [3.8, 4) is 11.1 Å². The standard InChI is InChI=1S/C33H36N2O6/c1-22(40-20-23-10-3-2-4-11-23)31(32(38)35-19-9-12-24(35)17-18-30(36)37)34-33(39)41-21-29-27-15-7-5-13-25(27)26-14-6-8-16-28(26)29/h2-8,10-11,13-16,22,24,29,31H,9,12,17-21H2,1H3,(H,34,39)(H,36,37)/t22-,24?,31+/m0/s1. The van der Waals surface area contributed by atoms with Crippen LogP contribution in [0.25, 0.3) is 11.1 Å². The van der Waals surface area contributed by atoms with Crippen LogP contribution in [-0.2, 0) is 25.7 Å². The van der Waals surface area contributed by atoms with Crippen molar-refractivity contribution in [1.82, 2.24) is 10.2 Å². The zero-order valence-electron chi connectivity index (χ0n) is 23.2. The van der Waals surface area contributed by atoms with E-state index in [0.717, 1.165) is 40.7 Å². The molecule has 41 heavy (non-hydrogen) atoms. The Labute approximate surface area is 240 Å². The van der Waals surface area contributed by atoms with Crippen LogP contribution in [-0.4, -0.2) is 59.3 Å². The maximum absolute atomic E-state index is 13.8. The number of rotatable bonds is 11. The Bertz CT molecular complexity index is 1330. The Morgan fingerprint density at radius 2 is 1.59 bits per heavy atom. The van der Waals surface area contributed by atoms with Gasteiger partial charge >= 0.3 is 12.1 Å². The van der Waals surface area contributed by atoms with Crippen LogP contribution in [0, 0.1) is 0 Å². The van der Waals surface area contributed by atoms with E-state index in [2.05, 4.69) is 29.6 Å². The summed E-state index contributed by atoms with van der Waals surface area (Å²) in [5.74, 6) is -1.28. The van der Waals surface area contributed by atoms with Crippen molar-refractivity contribution in [3.63, 3.8) is 0 Å². The summed E-state index contributed by atoms with van der Waals surface area (Å²) in [6.07, 6.45) is 0.533.